The summed E-state index contributed by atoms with van der Waals surface area (Å²) in [4.78, 5) is 10.8. The van der Waals surface area contributed by atoms with Crippen LogP contribution >= 0.6 is 15.9 Å². The Balaban J connectivity index is 2.81. The summed E-state index contributed by atoms with van der Waals surface area (Å²) in [6.45, 7) is -0.175. The van der Waals surface area contributed by atoms with E-state index in [0.29, 0.717) is 4.47 Å². The summed E-state index contributed by atoms with van der Waals surface area (Å²) in [5.41, 5.74) is -0.304. The van der Waals surface area contributed by atoms with Gasteiger partial charge in [0.1, 0.15) is 17.3 Å². The highest BCUT2D eigenvalue weighted by molar-refractivity contribution is 9.10. The van der Waals surface area contributed by atoms with Gasteiger partial charge in [-0.15, -0.1) is 0 Å². The fourth-order valence-electron chi connectivity index (χ4n) is 0.968. The molecule has 1 amide bonds. The first-order valence-electron chi connectivity index (χ1n) is 4.13. The minimum atomic E-state index is -0.745. The summed E-state index contributed by atoms with van der Waals surface area (Å²) in [5, 5.41) is 4.71. The van der Waals surface area contributed by atoms with Gasteiger partial charge in [-0.3, -0.25) is 4.79 Å². The number of likely N-dealkylation sites (N-methyl/N-ethyl adjacent to an activating group) is 1. The fraction of sp³-hybridized carbons (Fsp3) is 0.222. The molecule has 0 atom stereocenters. The van der Waals surface area contributed by atoms with Gasteiger partial charge in [0, 0.05) is 11.5 Å². The van der Waals surface area contributed by atoms with Crippen molar-refractivity contribution in [3.63, 3.8) is 0 Å². The van der Waals surface area contributed by atoms with E-state index in [9.17, 15) is 13.6 Å². The smallest absolute Gasteiger partial charge is 0.239 e. The second-order valence-corrected chi connectivity index (χ2v) is 3.69. The van der Waals surface area contributed by atoms with E-state index in [1.807, 2.05) is 0 Å². The predicted octanol–water partition coefficient (Wildman–Crippen LogP) is 1.89. The Kier molecular flexibility index (Phi) is 4.02. The highest BCUT2D eigenvalue weighted by atomic mass is 79.9. The molecule has 0 aliphatic heterocycles. The number of hydrogen-bond acceptors (Lipinski definition) is 2. The Morgan fingerprint density at radius 3 is 2.40 bits per heavy atom. The molecule has 0 heterocycles. The number of rotatable bonds is 3. The summed E-state index contributed by atoms with van der Waals surface area (Å²) in [6, 6.07) is 2.24. The Labute approximate surface area is 94.0 Å². The fourth-order valence-corrected chi connectivity index (χ4v) is 1.37. The first-order valence-corrected chi connectivity index (χ1v) is 4.93. The van der Waals surface area contributed by atoms with E-state index in [1.54, 1.807) is 0 Å². The molecule has 0 unspecified atom stereocenters. The molecule has 15 heavy (non-hydrogen) atoms. The van der Waals surface area contributed by atoms with E-state index in [0.717, 1.165) is 12.1 Å². The number of anilines is 1. The lowest BCUT2D eigenvalue weighted by Crippen LogP contribution is -2.26. The van der Waals surface area contributed by atoms with Crippen molar-refractivity contribution < 1.29 is 13.6 Å². The largest absolute Gasteiger partial charge is 0.371 e. The zero-order chi connectivity index (χ0) is 11.4. The van der Waals surface area contributed by atoms with Crippen molar-refractivity contribution in [3.05, 3.63) is 28.2 Å². The van der Waals surface area contributed by atoms with Crippen LogP contribution in [0.3, 0.4) is 0 Å². The highest BCUT2D eigenvalue weighted by Gasteiger charge is 2.10. The summed E-state index contributed by atoms with van der Waals surface area (Å²) in [5.74, 6) is -1.84. The van der Waals surface area contributed by atoms with Gasteiger partial charge in [-0.2, -0.15) is 0 Å². The van der Waals surface area contributed by atoms with Crippen molar-refractivity contribution in [3.8, 4) is 0 Å². The van der Waals surface area contributed by atoms with Crippen LogP contribution < -0.4 is 10.6 Å². The molecule has 1 rings (SSSR count). The van der Waals surface area contributed by atoms with Crippen LogP contribution in [-0.2, 0) is 4.79 Å². The molecule has 0 saturated heterocycles. The van der Waals surface area contributed by atoms with Gasteiger partial charge in [0.25, 0.3) is 0 Å². The lowest BCUT2D eigenvalue weighted by molar-refractivity contribution is -0.118. The van der Waals surface area contributed by atoms with Gasteiger partial charge in [0.2, 0.25) is 5.91 Å². The van der Waals surface area contributed by atoms with Gasteiger partial charge >= 0.3 is 0 Å². The maximum atomic E-state index is 13.2. The van der Waals surface area contributed by atoms with E-state index in [-0.39, 0.29) is 18.1 Å². The van der Waals surface area contributed by atoms with Gasteiger partial charge in [-0.05, 0) is 12.1 Å². The second kappa shape index (κ2) is 5.06. The van der Waals surface area contributed by atoms with Crippen LogP contribution in [0.5, 0.6) is 0 Å². The van der Waals surface area contributed by atoms with Gasteiger partial charge in [0.05, 0.1) is 6.54 Å². The number of carbonyl (C=O) groups excluding carboxylic acids is 1. The normalized spacial score (nSPS) is 9.87. The lowest BCUT2D eigenvalue weighted by atomic mass is 10.3. The third-order valence-corrected chi connectivity index (χ3v) is 2.17. The zero-order valence-corrected chi connectivity index (χ0v) is 9.49. The van der Waals surface area contributed by atoms with Gasteiger partial charge < -0.3 is 10.6 Å². The summed E-state index contributed by atoms with van der Waals surface area (Å²) < 4.78 is 26.7. The summed E-state index contributed by atoms with van der Waals surface area (Å²) in [6.07, 6.45) is 0. The molecule has 6 heteroatoms. The Bertz CT molecular complexity index is 361. The standard InChI is InChI=1S/C9H9BrF2N2O/c1-13-8(15)4-14-9-6(11)2-5(10)3-7(9)12/h2-3,14H,4H2,1H3,(H,13,15). The third-order valence-electron chi connectivity index (χ3n) is 1.71. The zero-order valence-electron chi connectivity index (χ0n) is 7.90. The lowest BCUT2D eigenvalue weighted by Gasteiger charge is -2.08. The summed E-state index contributed by atoms with van der Waals surface area (Å²) >= 11 is 2.95. The van der Waals surface area contributed by atoms with Crippen LogP contribution in [0.25, 0.3) is 0 Å². The highest BCUT2D eigenvalue weighted by Crippen LogP contribution is 2.23. The molecule has 0 aromatic heterocycles. The number of carbonyl (C=O) groups is 1. The SMILES string of the molecule is CNC(=O)CNc1c(F)cc(Br)cc1F. The number of hydrogen-bond donors (Lipinski definition) is 2. The molecule has 0 radical (unpaired) electrons. The number of halogens is 3. The molecule has 0 spiro atoms. The van der Waals surface area contributed by atoms with Crippen molar-refractivity contribution in [2.24, 2.45) is 0 Å². The van der Waals surface area contributed by atoms with Gasteiger partial charge in [-0.25, -0.2) is 8.78 Å². The van der Waals surface area contributed by atoms with Crippen molar-refractivity contribution in [2.75, 3.05) is 18.9 Å². The molecule has 2 N–H and O–H groups in total. The van der Waals surface area contributed by atoms with Crippen LogP contribution in [0, 0.1) is 11.6 Å². The first kappa shape index (κ1) is 11.9. The van der Waals surface area contributed by atoms with Crippen LogP contribution in [0.4, 0.5) is 14.5 Å². The van der Waals surface area contributed by atoms with Crippen molar-refractivity contribution >= 4 is 27.5 Å². The van der Waals surface area contributed by atoms with Gasteiger partial charge in [-0.1, -0.05) is 15.9 Å². The molecule has 0 fully saturated rings. The molecule has 82 valence electrons. The minimum Gasteiger partial charge on any atom is -0.371 e. The van der Waals surface area contributed by atoms with Crippen LogP contribution in [0.2, 0.25) is 0 Å². The Morgan fingerprint density at radius 2 is 1.93 bits per heavy atom. The van der Waals surface area contributed by atoms with Crippen LogP contribution in [0.15, 0.2) is 16.6 Å². The van der Waals surface area contributed by atoms with Crippen LogP contribution in [-0.4, -0.2) is 19.5 Å². The molecule has 3 nitrogen and oxygen atoms in total. The topological polar surface area (TPSA) is 41.1 Å². The molecular weight excluding hydrogens is 270 g/mol. The number of nitrogens with one attached hydrogen (secondary N) is 2. The van der Waals surface area contributed by atoms with Crippen molar-refractivity contribution in [2.45, 2.75) is 0 Å². The molecule has 0 aliphatic carbocycles. The van der Waals surface area contributed by atoms with E-state index in [2.05, 4.69) is 26.6 Å². The molecule has 1 aromatic rings. The Morgan fingerprint density at radius 1 is 1.40 bits per heavy atom. The molecule has 0 bridgehead atoms. The second-order valence-electron chi connectivity index (χ2n) is 2.77. The molecule has 1 aromatic carbocycles. The van der Waals surface area contributed by atoms with Crippen LogP contribution in [0.1, 0.15) is 0 Å². The predicted molar refractivity (Wildman–Crippen MR) is 56.6 cm³/mol. The quantitative estimate of drug-likeness (QED) is 0.887. The van der Waals surface area contributed by atoms with Gasteiger partial charge in [0.15, 0.2) is 0 Å². The van der Waals surface area contributed by atoms with E-state index in [4.69, 9.17) is 0 Å². The molecule has 0 saturated carbocycles. The maximum Gasteiger partial charge on any atom is 0.239 e. The Hall–Kier alpha value is -1.17. The minimum absolute atomic E-state index is 0.175. The number of benzene rings is 1. The first-order chi connectivity index (χ1) is 7.04. The molecular formula is C9H9BrF2N2O. The maximum absolute atomic E-state index is 13.2. The average Bonchev–Trinajstić information content (AvgIpc) is 2.15. The van der Waals surface area contributed by atoms with E-state index in [1.165, 1.54) is 7.05 Å². The van der Waals surface area contributed by atoms with Crippen molar-refractivity contribution in [1.82, 2.24) is 5.32 Å². The average molecular weight is 279 g/mol. The van der Waals surface area contributed by atoms with Crippen molar-refractivity contribution in [1.29, 1.82) is 0 Å². The number of amides is 1. The third kappa shape index (κ3) is 3.16. The summed E-state index contributed by atoms with van der Waals surface area (Å²) in [7, 11) is 1.44. The van der Waals surface area contributed by atoms with E-state index < -0.39 is 11.6 Å². The monoisotopic (exact) mass is 278 g/mol. The molecule has 0 aliphatic rings. The van der Waals surface area contributed by atoms with E-state index >= 15 is 0 Å².